The van der Waals surface area contributed by atoms with E-state index < -0.39 is 0 Å². The highest BCUT2D eigenvalue weighted by molar-refractivity contribution is 7.15. The number of anilines is 1. The Morgan fingerprint density at radius 2 is 2.00 bits per heavy atom. The van der Waals surface area contributed by atoms with E-state index in [0.29, 0.717) is 11.1 Å². The van der Waals surface area contributed by atoms with Crippen LogP contribution in [0.1, 0.15) is 9.75 Å². The van der Waals surface area contributed by atoms with Crippen LogP contribution < -0.4 is 10.1 Å². The van der Waals surface area contributed by atoms with E-state index in [1.54, 1.807) is 17.5 Å². The summed E-state index contributed by atoms with van der Waals surface area (Å²) < 4.78 is 6.30. The van der Waals surface area contributed by atoms with Crippen molar-refractivity contribution in [2.24, 2.45) is 0 Å². The Kier molecular flexibility index (Phi) is 4.75. The first kappa shape index (κ1) is 14.4. The molecular formula is C15H13ClN2OS2. The summed E-state index contributed by atoms with van der Waals surface area (Å²) in [6.07, 6.45) is 1.79. The topological polar surface area (TPSA) is 34.2 Å². The first-order valence-electron chi connectivity index (χ1n) is 6.39. The second-order valence-electron chi connectivity index (χ2n) is 4.33. The Bertz CT molecular complexity index is 680. The summed E-state index contributed by atoms with van der Waals surface area (Å²) in [6.45, 7) is 1.34. The molecule has 0 atom stereocenters. The molecule has 0 aliphatic carbocycles. The van der Waals surface area contributed by atoms with Crippen LogP contribution in [0.15, 0.2) is 48.0 Å². The van der Waals surface area contributed by atoms with Gasteiger partial charge in [-0.05, 0) is 35.7 Å². The van der Waals surface area contributed by atoms with Crippen LogP contribution in [-0.2, 0) is 13.2 Å². The predicted molar refractivity (Wildman–Crippen MR) is 89.5 cm³/mol. The summed E-state index contributed by atoms with van der Waals surface area (Å²) in [5, 5.41) is 5.38. The Morgan fingerprint density at radius 3 is 2.67 bits per heavy atom. The van der Waals surface area contributed by atoms with E-state index in [0.717, 1.165) is 22.9 Å². The molecule has 0 aliphatic rings. The van der Waals surface area contributed by atoms with E-state index in [9.17, 15) is 0 Å². The molecule has 2 aromatic heterocycles. The average Bonchev–Trinajstić information content (AvgIpc) is 3.15. The highest BCUT2D eigenvalue weighted by Gasteiger charge is 2.00. The number of halogens is 1. The van der Waals surface area contributed by atoms with Gasteiger partial charge in [-0.2, -0.15) is 0 Å². The Hall–Kier alpha value is -1.56. The first-order chi connectivity index (χ1) is 10.3. The molecule has 0 bridgehead atoms. The molecule has 0 spiro atoms. The maximum Gasteiger partial charge on any atom is 0.183 e. The van der Waals surface area contributed by atoms with Gasteiger partial charge < -0.3 is 10.1 Å². The van der Waals surface area contributed by atoms with Gasteiger partial charge in [0, 0.05) is 21.6 Å². The van der Waals surface area contributed by atoms with Gasteiger partial charge in [-0.25, -0.2) is 4.98 Å². The molecule has 3 nitrogen and oxygen atoms in total. The van der Waals surface area contributed by atoms with Gasteiger partial charge in [0.15, 0.2) is 4.47 Å². The molecular weight excluding hydrogens is 324 g/mol. The molecule has 0 amide bonds. The largest absolute Gasteiger partial charge is 0.488 e. The monoisotopic (exact) mass is 336 g/mol. The van der Waals surface area contributed by atoms with E-state index in [1.165, 1.54) is 16.2 Å². The number of thiazole rings is 1. The number of aromatic nitrogens is 1. The summed E-state index contributed by atoms with van der Waals surface area (Å²) in [5.41, 5.74) is 1.04. The fraction of sp³-hybridized carbons (Fsp3) is 0.133. The molecule has 0 aliphatic heterocycles. The lowest BCUT2D eigenvalue weighted by molar-refractivity contribution is 0.310. The summed E-state index contributed by atoms with van der Waals surface area (Å²) in [6, 6.07) is 12.0. The fourth-order valence-electron chi connectivity index (χ4n) is 1.77. The lowest BCUT2D eigenvalue weighted by Gasteiger charge is -2.07. The van der Waals surface area contributed by atoms with Gasteiger partial charge in [-0.1, -0.05) is 17.7 Å². The Morgan fingerprint density at radius 1 is 1.14 bits per heavy atom. The molecule has 108 valence electrons. The second kappa shape index (κ2) is 6.93. The van der Waals surface area contributed by atoms with Crippen LogP contribution in [0.5, 0.6) is 5.75 Å². The van der Waals surface area contributed by atoms with Crippen molar-refractivity contribution in [2.45, 2.75) is 13.2 Å². The van der Waals surface area contributed by atoms with Crippen LogP contribution in [-0.4, -0.2) is 4.98 Å². The van der Waals surface area contributed by atoms with Crippen LogP contribution in [0.2, 0.25) is 4.47 Å². The molecule has 0 unspecified atom stereocenters. The third kappa shape index (κ3) is 4.20. The van der Waals surface area contributed by atoms with Crippen molar-refractivity contribution in [1.82, 2.24) is 4.98 Å². The molecule has 3 rings (SSSR count). The molecule has 0 saturated heterocycles. The van der Waals surface area contributed by atoms with Crippen molar-refractivity contribution in [3.05, 3.63) is 62.2 Å². The standard InChI is InChI=1S/C15H13ClN2OS2/c16-15-18-9-14(21-15)8-17-11-3-5-12(6-4-11)19-10-13-2-1-7-20-13/h1-7,9,17H,8,10H2. The highest BCUT2D eigenvalue weighted by atomic mass is 35.5. The number of nitrogens with zero attached hydrogens (tertiary/aromatic N) is 1. The van der Waals surface area contributed by atoms with Crippen molar-refractivity contribution in [2.75, 3.05) is 5.32 Å². The molecule has 1 N–H and O–H groups in total. The number of ether oxygens (including phenoxy) is 1. The van der Waals surface area contributed by atoms with Crippen LogP contribution in [0.4, 0.5) is 5.69 Å². The molecule has 0 fully saturated rings. The minimum atomic E-state index is 0.573. The van der Waals surface area contributed by atoms with Gasteiger partial charge in [0.1, 0.15) is 12.4 Å². The summed E-state index contributed by atoms with van der Waals surface area (Å²) in [7, 11) is 0. The van der Waals surface area contributed by atoms with E-state index in [2.05, 4.69) is 21.7 Å². The number of rotatable bonds is 6. The van der Waals surface area contributed by atoms with Gasteiger partial charge in [0.2, 0.25) is 0 Å². The lowest BCUT2D eigenvalue weighted by atomic mass is 10.3. The highest BCUT2D eigenvalue weighted by Crippen LogP contribution is 2.21. The smallest absolute Gasteiger partial charge is 0.183 e. The third-order valence-corrected chi connectivity index (χ3v) is 4.77. The molecule has 1 aromatic carbocycles. The SMILES string of the molecule is Clc1ncc(CNc2ccc(OCc3cccs3)cc2)s1. The van der Waals surface area contributed by atoms with E-state index in [4.69, 9.17) is 16.3 Å². The van der Waals surface area contributed by atoms with Crippen molar-refractivity contribution in [3.63, 3.8) is 0 Å². The van der Waals surface area contributed by atoms with E-state index in [1.807, 2.05) is 30.3 Å². The van der Waals surface area contributed by atoms with Crippen molar-refractivity contribution >= 4 is 40.0 Å². The molecule has 6 heteroatoms. The zero-order chi connectivity index (χ0) is 14.5. The zero-order valence-electron chi connectivity index (χ0n) is 11.1. The normalized spacial score (nSPS) is 10.5. The summed E-state index contributed by atoms with van der Waals surface area (Å²) >= 11 is 8.99. The molecule has 21 heavy (non-hydrogen) atoms. The number of hydrogen-bond acceptors (Lipinski definition) is 5. The fourth-order valence-corrected chi connectivity index (χ4v) is 3.31. The first-order valence-corrected chi connectivity index (χ1v) is 8.46. The van der Waals surface area contributed by atoms with Crippen molar-refractivity contribution < 1.29 is 4.74 Å². The minimum absolute atomic E-state index is 0.573. The second-order valence-corrected chi connectivity index (χ2v) is 7.06. The minimum Gasteiger partial charge on any atom is -0.488 e. The van der Waals surface area contributed by atoms with E-state index >= 15 is 0 Å². The van der Waals surface area contributed by atoms with Gasteiger partial charge >= 0.3 is 0 Å². The molecule has 3 aromatic rings. The number of benzene rings is 1. The van der Waals surface area contributed by atoms with E-state index in [-0.39, 0.29) is 0 Å². The van der Waals surface area contributed by atoms with Crippen molar-refractivity contribution in [3.8, 4) is 5.75 Å². The molecule has 2 heterocycles. The maximum absolute atomic E-state index is 5.80. The Balaban J connectivity index is 1.51. The number of nitrogens with one attached hydrogen (secondary N) is 1. The van der Waals surface area contributed by atoms with Crippen LogP contribution in [0.3, 0.4) is 0 Å². The third-order valence-electron chi connectivity index (χ3n) is 2.81. The van der Waals surface area contributed by atoms with Gasteiger partial charge in [-0.3, -0.25) is 0 Å². The molecule has 0 saturated carbocycles. The number of hydrogen-bond donors (Lipinski definition) is 1. The van der Waals surface area contributed by atoms with Crippen LogP contribution >= 0.6 is 34.3 Å². The summed E-state index contributed by atoms with van der Waals surface area (Å²) in [5.74, 6) is 0.870. The summed E-state index contributed by atoms with van der Waals surface area (Å²) in [4.78, 5) is 6.35. The van der Waals surface area contributed by atoms with Crippen molar-refractivity contribution in [1.29, 1.82) is 0 Å². The average molecular weight is 337 g/mol. The van der Waals surface area contributed by atoms with Gasteiger partial charge in [-0.15, -0.1) is 22.7 Å². The zero-order valence-corrected chi connectivity index (χ0v) is 13.5. The van der Waals surface area contributed by atoms with Crippen LogP contribution in [0, 0.1) is 0 Å². The van der Waals surface area contributed by atoms with Crippen LogP contribution in [0.25, 0.3) is 0 Å². The Labute approximate surface area is 136 Å². The number of thiophene rings is 1. The maximum atomic E-state index is 5.80. The lowest BCUT2D eigenvalue weighted by Crippen LogP contribution is -1.97. The van der Waals surface area contributed by atoms with Gasteiger partial charge in [0.05, 0.1) is 6.54 Å². The predicted octanol–water partition coefficient (Wildman–Crippen LogP) is 5.05. The van der Waals surface area contributed by atoms with Gasteiger partial charge in [0.25, 0.3) is 0 Å². The quantitative estimate of drug-likeness (QED) is 0.684. The molecule has 0 radical (unpaired) electrons.